The smallest absolute Gasteiger partial charge is 0.323 e. The fourth-order valence-corrected chi connectivity index (χ4v) is 3.53. The van der Waals surface area contributed by atoms with Crippen LogP contribution in [-0.2, 0) is 0 Å². The highest BCUT2D eigenvalue weighted by molar-refractivity contribution is 6.03. The zero-order valence-corrected chi connectivity index (χ0v) is 26.1. The van der Waals surface area contributed by atoms with Crippen LogP contribution in [0.5, 0.6) is 0 Å². The molecule has 0 aliphatic heterocycles. The molecule has 0 saturated heterocycles. The van der Waals surface area contributed by atoms with Crippen molar-refractivity contribution in [2.45, 2.75) is 13.8 Å². The highest BCUT2D eigenvalue weighted by atomic mass is 35.5. The van der Waals surface area contributed by atoms with Crippen molar-refractivity contribution >= 4 is 76.7 Å². The third-order valence-electron chi connectivity index (χ3n) is 5.83. The summed E-state index contributed by atoms with van der Waals surface area (Å²) in [6.45, 7) is 3.43. The predicted octanol–water partition coefficient (Wildman–Crippen LogP) is 7.32. The number of halogens is 2. The molecule has 0 saturated carbocycles. The molecule has 0 atom stereocenters. The van der Waals surface area contributed by atoms with Crippen molar-refractivity contribution in [1.82, 2.24) is 0 Å². The van der Waals surface area contributed by atoms with E-state index in [1.54, 1.807) is 80.6 Å². The van der Waals surface area contributed by atoms with E-state index in [9.17, 15) is 4.79 Å². The number of amides is 2. The van der Waals surface area contributed by atoms with Crippen molar-refractivity contribution in [1.29, 1.82) is 21.6 Å². The van der Waals surface area contributed by atoms with E-state index in [2.05, 4.69) is 26.4 Å². The predicted molar refractivity (Wildman–Crippen MR) is 188 cm³/mol. The zero-order valence-electron chi connectivity index (χ0n) is 24.5. The maximum Gasteiger partial charge on any atom is 0.323 e. The van der Waals surface area contributed by atoms with Gasteiger partial charge < -0.3 is 32.9 Å². The van der Waals surface area contributed by atoms with Gasteiger partial charge in [0.1, 0.15) is 11.7 Å². The number of hydrogen-bond donors (Lipinski definition) is 9. The second-order valence-electron chi connectivity index (χ2n) is 9.25. The van der Waals surface area contributed by atoms with Gasteiger partial charge in [-0.3, -0.25) is 16.2 Å². The molecule has 0 heterocycles. The van der Waals surface area contributed by atoms with Crippen LogP contribution < -0.4 is 27.5 Å². The molecular weight excluding hydrogens is 613 g/mol. The molecule has 0 aliphatic rings. The molecule has 4 aromatic carbocycles. The van der Waals surface area contributed by atoms with E-state index in [1.807, 2.05) is 30.3 Å². The third kappa shape index (κ3) is 12.3. The lowest BCUT2D eigenvalue weighted by Gasteiger charge is -2.09. The lowest BCUT2D eigenvalue weighted by molar-refractivity contribution is 0.262. The quantitative estimate of drug-likeness (QED) is 0.0393. The van der Waals surface area contributed by atoms with Crippen LogP contribution in [0.25, 0.3) is 0 Å². The topological polar surface area (TPSA) is 225 Å². The Morgan fingerprint density at radius 2 is 1.07 bits per heavy atom. The molecule has 0 spiro atoms. The van der Waals surface area contributed by atoms with Crippen molar-refractivity contribution in [3.05, 3.63) is 119 Å². The normalized spacial score (nSPS) is 9.73. The minimum Gasteiger partial charge on any atom is -0.384 e. The van der Waals surface area contributed by atoms with Crippen LogP contribution in [0, 0.1) is 21.6 Å². The number of urea groups is 1. The van der Waals surface area contributed by atoms with Gasteiger partial charge in [-0.25, -0.2) is 4.79 Å². The summed E-state index contributed by atoms with van der Waals surface area (Å²) in [5, 5.41) is 43.1. The minimum absolute atomic E-state index is 0. The Bertz CT molecular complexity index is 1610. The number of anilines is 3. The number of hydrogen-bond acceptors (Lipinski definition) is 7. The second kappa shape index (κ2) is 18.2. The average Bonchev–Trinajstić information content (AvgIpc) is 2.98. The Morgan fingerprint density at radius 1 is 0.600 bits per heavy atom. The van der Waals surface area contributed by atoms with Crippen molar-refractivity contribution in [2.24, 2.45) is 21.8 Å². The van der Waals surface area contributed by atoms with E-state index in [0.717, 1.165) is 16.8 Å². The number of nitrogens with one attached hydrogen (secondary N) is 7. The molecule has 0 aliphatic carbocycles. The summed E-state index contributed by atoms with van der Waals surface area (Å²) in [6.07, 6.45) is 0. The number of rotatable bonds is 9. The molecule has 0 aromatic heterocycles. The molecule has 4 aromatic rings. The van der Waals surface area contributed by atoms with Crippen LogP contribution in [0.2, 0.25) is 0 Å². The number of carbonyl (C=O) groups excluding carboxylic acids is 1. The lowest BCUT2D eigenvalue weighted by Crippen LogP contribution is -2.20. The van der Waals surface area contributed by atoms with Crippen molar-refractivity contribution in [3.8, 4) is 0 Å². The molecule has 4 rings (SSSR count). The first-order valence-corrected chi connectivity index (χ1v) is 13.0. The first kappa shape index (κ1) is 37.4. The minimum atomic E-state index is -0.402. The third-order valence-corrected chi connectivity index (χ3v) is 5.83. The van der Waals surface area contributed by atoms with Gasteiger partial charge in [-0.15, -0.1) is 29.9 Å². The zero-order chi connectivity index (χ0) is 31.4. The Hall–Kier alpha value is -5.59. The average molecular weight is 649 g/mol. The molecule has 234 valence electrons. The van der Waals surface area contributed by atoms with Crippen molar-refractivity contribution < 1.29 is 4.79 Å². The number of nitrogen functional groups attached to an aromatic ring is 2. The molecule has 12 nitrogen and oxygen atoms in total. The van der Waals surface area contributed by atoms with E-state index in [-0.39, 0.29) is 36.5 Å². The van der Waals surface area contributed by atoms with Crippen LogP contribution in [0.1, 0.15) is 36.1 Å². The lowest BCUT2D eigenvalue weighted by atomic mass is 10.1. The highest BCUT2D eigenvalue weighted by Crippen LogP contribution is 2.16. The summed E-state index contributed by atoms with van der Waals surface area (Å²) in [6, 6.07) is 27.7. The van der Waals surface area contributed by atoms with Gasteiger partial charge >= 0.3 is 6.03 Å². The van der Waals surface area contributed by atoms with Crippen LogP contribution in [-0.4, -0.2) is 29.1 Å². The van der Waals surface area contributed by atoms with Crippen LogP contribution >= 0.6 is 24.8 Å². The Balaban J connectivity index is 0.000000431. The van der Waals surface area contributed by atoms with E-state index < -0.39 is 6.03 Å². The molecule has 0 unspecified atom stereocenters. The standard InChI is InChI=1S/C16H17N5O.C15H16N6.2ClH/c1-10(17)11-4-2-6-13(8-11)20-16(22)21-14-7-3-5-12(9-14)15(18)19;1-10(16)11-2-6-13(7-3-11)19-21-20-14-8-4-12(5-9-14)15(17)18;;/h2-9,17H,1H3,(H3,18,19)(H2,20,21,22);2-9,16H,1H3,(H3,17,18)(H,19,20);2*1H. The molecule has 45 heavy (non-hydrogen) atoms. The highest BCUT2D eigenvalue weighted by Gasteiger charge is 2.05. The van der Waals surface area contributed by atoms with Gasteiger partial charge in [0.15, 0.2) is 0 Å². The first-order valence-electron chi connectivity index (χ1n) is 13.0. The second-order valence-corrected chi connectivity index (χ2v) is 9.25. The number of benzene rings is 4. The van der Waals surface area contributed by atoms with Crippen LogP contribution in [0.3, 0.4) is 0 Å². The molecular formula is C31H35Cl2N11O. The maximum absolute atomic E-state index is 12.0. The number of nitrogens with two attached hydrogens (primary N) is 2. The fraction of sp³-hybridized carbons (Fsp3) is 0.0645. The Kier molecular flexibility index (Phi) is 15.1. The largest absolute Gasteiger partial charge is 0.384 e. The van der Waals surface area contributed by atoms with Crippen LogP contribution in [0.15, 0.2) is 107 Å². The maximum atomic E-state index is 12.0. The van der Waals surface area contributed by atoms with Crippen molar-refractivity contribution in [3.63, 3.8) is 0 Å². The van der Waals surface area contributed by atoms with Gasteiger partial charge in [0.25, 0.3) is 0 Å². The number of nitrogens with zero attached hydrogens (tertiary/aromatic N) is 2. The van der Waals surface area contributed by atoms with E-state index in [4.69, 9.17) is 33.1 Å². The van der Waals surface area contributed by atoms with Gasteiger partial charge in [0.05, 0.1) is 11.4 Å². The van der Waals surface area contributed by atoms with E-state index in [0.29, 0.717) is 39.6 Å². The Morgan fingerprint density at radius 3 is 1.56 bits per heavy atom. The molecule has 0 bridgehead atoms. The van der Waals surface area contributed by atoms with Gasteiger partial charge in [0.2, 0.25) is 0 Å². The summed E-state index contributed by atoms with van der Waals surface area (Å²) in [7, 11) is 0. The summed E-state index contributed by atoms with van der Waals surface area (Å²) in [4.78, 5) is 12.0. The Labute approximate surface area is 273 Å². The van der Waals surface area contributed by atoms with Gasteiger partial charge in [-0.2, -0.15) is 0 Å². The van der Waals surface area contributed by atoms with Crippen LogP contribution in [0.4, 0.5) is 27.5 Å². The first-order chi connectivity index (χ1) is 20.5. The van der Waals surface area contributed by atoms with E-state index in [1.165, 1.54) is 0 Å². The summed E-state index contributed by atoms with van der Waals surface area (Å²) in [5.41, 5.74) is 20.0. The van der Waals surface area contributed by atoms with E-state index >= 15 is 0 Å². The molecule has 14 heteroatoms. The molecule has 2 amide bonds. The van der Waals surface area contributed by atoms with Crippen molar-refractivity contribution in [2.75, 3.05) is 16.1 Å². The summed E-state index contributed by atoms with van der Waals surface area (Å²) < 4.78 is 0. The number of carbonyl (C=O) groups is 1. The SMILES string of the molecule is CC(=N)c1ccc(NN=Nc2ccc(C(=N)N)cc2)cc1.CC(=N)c1cccc(NC(=O)Nc2cccc(C(=N)N)c2)c1.Cl.Cl. The molecule has 0 radical (unpaired) electrons. The molecule has 0 fully saturated rings. The monoisotopic (exact) mass is 647 g/mol. The van der Waals surface area contributed by atoms with Gasteiger partial charge in [-0.05, 0) is 85.6 Å². The fourth-order valence-electron chi connectivity index (χ4n) is 3.53. The van der Waals surface area contributed by atoms with Gasteiger partial charge in [-0.1, -0.05) is 41.6 Å². The van der Waals surface area contributed by atoms with Gasteiger partial charge in [0, 0.05) is 33.9 Å². The molecule has 11 N–H and O–H groups in total. The number of amidine groups is 2. The summed E-state index contributed by atoms with van der Waals surface area (Å²) >= 11 is 0. The summed E-state index contributed by atoms with van der Waals surface area (Å²) in [5.74, 6) is -0.0311.